The van der Waals surface area contributed by atoms with Gasteiger partial charge in [0.05, 0.1) is 23.6 Å². The van der Waals surface area contributed by atoms with E-state index in [0.29, 0.717) is 21.5 Å². The van der Waals surface area contributed by atoms with Crippen molar-refractivity contribution in [2.75, 3.05) is 14.2 Å². The molecular weight excluding hydrogens is 392 g/mol. The Hall–Kier alpha value is -2.61. The van der Waals surface area contributed by atoms with E-state index in [4.69, 9.17) is 9.47 Å². The number of rotatable bonds is 6. The van der Waals surface area contributed by atoms with Gasteiger partial charge in [0.15, 0.2) is 11.5 Å². The number of amides is 1. The van der Waals surface area contributed by atoms with Crippen LogP contribution in [0.1, 0.15) is 21.5 Å². The molecule has 0 fully saturated rings. The first-order chi connectivity index (χ1) is 11.9. The number of nitrogens with zero attached hydrogens (tertiary/aromatic N) is 1. The summed E-state index contributed by atoms with van der Waals surface area (Å²) in [5.41, 5.74) is 1.61. The molecule has 8 heteroatoms. The molecule has 0 saturated heterocycles. The fourth-order valence-electron chi connectivity index (χ4n) is 2.32. The second-order valence-electron chi connectivity index (χ2n) is 5.25. The smallest absolute Gasteiger partial charge is 0.270 e. The zero-order valence-electron chi connectivity index (χ0n) is 14.0. The van der Waals surface area contributed by atoms with Crippen LogP contribution in [0.2, 0.25) is 0 Å². The van der Waals surface area contributed by atoms with Crippen LogP contribution in [0.5, 0.6) is 11.5 Å². The third-order valence-corrected chi connectivity index (χ3v) is 4.21. The first-order valence-corrected chi connectivity index (χ1v) is 8.10. The minimum Gasteiger partial charge on any atom is -0.493 e. The Kier molecular flexibility index (Phi) is 5.97. The van der Waals surface area contributed by atoms with Gasteiger partial charge in [0.1, 0.15) is 0 Å². The zero-order chi connectivity index (χ0) is 18.6. The minimum absolute atomic E-state index is 0.121. The van der Waals surface area contributed by atoms with Crippen LogP contribution in [0.25, 0.3) is 0 Å². The van der Waals surface area contributed by atoms with Crippen LogP contribution in [0, 0.1) is 17.0 Å². The molecule has 2 aromatic carbocycles. The van der Waals surface area contributed by atoms with Crippen molar-refractivity contribution in [1.29, 1.82) is 0 Å². The molecule has 1 amide bonds. The second kappa shape index (κ2) is 7.98. The Balaban J connectivity index is 2.19. The van der Waals surface area contributed by atoms with Crippen molar-refractivity contribution in [2.45, 2.75) is 13.5 Å². The van der Waals surface area contributed by atoms with Crippen molar-refractivity contribution in [3.05, 3.63) is 61.6 Å². The Labute approximate surface area is 153 Å². The highest BCUT2D eigenvalue weighted by Gasteiger charge is 2.15. The fourth-order valence-corrected chi connectivity index (χ4v) is 2.97. The summed E-state index contributed by atoms with van der Waals surface area (Å²) in [7, 11) is 3.06. The highest BCUT2D eigenvalue weighted by atomic mass is 79.9. The quantitative estimate of drug-likeness (QED) is 0.582. The maximum Gasteiger partial charge on any atom is 0.270 e. The molecule has 25 heavy (non-hydrogen) atoms. The number of non-ortho nitro benzene ring substituents is 1. The Morgan fingerprint density at radius 2 is 1.96 bits per heavy atom. The summed E-state index contributed by atoms with van der Waals surface area (Å²) >= 11 is 3.40. The summed E-state index contributed by atoms with van der Waals surface area (Å²) in [4.78, 5) is 22.7. The summed E-state index contributed by atoms with van der Waals surface area (Å²) < 4.78 is 11.2. The van der Waals surface area contributed by atoms with Crippen molar-refractivity contribution >= 4 is 27.5 Å². The predicted octanol–water partition coefficient (Wildman–Crippen LogP) is 3.61. The number of nitro groups is 1. The molecule has 2 rings (SSSR count). The molecule has 0 aliphatic rings. The van der Waals surface area contributed by atoms with E-state index in [1.165, 1.54) is 26.4 Å². The molecule has 0 aliphatic carbocycles. The van der Waals surface area contributed by atoms with Gasteiger partial charge in [0.25, 0.3) is 11.6 Å². The fraction of sp³-hybridized carbons (Fsp3) is 0.235. The molecule has 0 aromatic heterocycles. The number of nitro benzene ring substituents is 1. The number of benzene rings is 2. The molecule has 0 radical (unpaired) electrons. The topological polar surface area (TPSA) is 90.7 Å². The van der Waals surface area contributed by atoms with Crippen LogP contribution < -0.4 is 14.8 Å². The van der Waals surface area contributed by atoms with Gasteiger partial charge >= 0.3 is 0 Å². The lowest BCUT2D eigenvalue weighted by Crippen LogP contribution is -2.23. The van der Waals surface area contributed by atoms with Gasteiger partial charge < -0.3 is 14.8 Å². The van der Waals surface area contributed by atoms with Gasteiger partial charge in [-0.05, 0) is 46.1 Å². The van der Waals surface area contributed by atoms with Gasteiger partial charge in [-0.15, -0.1) is 0 Å². The van der Waals surface area contributed by atoms with Gasteiger partial charge in [0.2, 0.25) is 0 Å². The summed E-state index contributed by atoms with van der Waals surface area (Å²) in [5.74, 6) is 0.715. The number of ether oxygens (including phenoxy) is 2. The van der Waals surface area contributed by atoms with Crippen LogP contribution in [0.4, 0.5) is 5.69 Å². The molecule has 7 nitrogen and oxygen atoms in total. The van der Waals surface area contributed by atoms with Crippen LogP contribution in [0.3, 0.4) is 0 Å². The number of carbonyl (C=O) groups is 1. The largest absolute Gasteiger partial charge is 0.493 e. The average Bonchev–Trinajstić information content (AvgIpc) is 2.59. The molecule has 0 bridgehead atoms. The van der Waals surface area contributed by atoms with Crippen LogP contribution in [-0.4, -0.2) is 25.1 Å². The molecule has 132 valence electrons. The van der Waals surface area contributed by atoms with E-state index in [1.807, 2.05) is 6.07 Å². The molecule has 0 unspecified atom stereocenters. The maximum atomic E-state index is 12.4. The summed E-state index contributed by atoms with van der Waals surface area (Å²) in [5, 5.41) is 13.6. The Bertz CT molecular complexity index is 823. The van der Waals surface area contributed by atoms with E-state index < -0.39 is 4.92 Å². The molecule has 0 aliphatic heterocycles. The van der Waals surface area contributed by atoms with Gasteiger partial charge in [-0.25, -0.2) is 0 Å². The van der Waals surface area contributed by atoms with Crippen molar-refractivity contribution in [3.8, 4) is 11.5 Å². The van der Waals surface area contributed by atoms with E-state index >= 15 is 0 Å². The van der Waals surface area contributed by atoms with Crippen molar-refractivity contribution in [1.82, 2.24) is 5.32 Å². The third kappa shape index (κ3) is 4.27. The molecule has 0 atom stereocenters. The SMILES string of the molecule is COc1cc(CNC(=O)c2cc([N+](=O)[O-])ccc2C)cc(Br)c1OC. The van der Waals surface area contributed by atoms with E-state index in [1.54, 1.807) is 19.1 Å². The normalized spacial score (nSPS) is 10.2. The maximum absolute atomic E-state index is 12.4. The van der Waals surface area contributed by atoms with Gasteiger partial charge in [0, 0.05) is 24.2 Å². The monoisotopic (exact) mass is 408 g/mol. The average molecular weight is 409 g/mol. The summed E-state index contributed by atoms with van der Waals surface area (Å²) in [6.07, 6.45) is 0. The number of nitrogens with one attached hydrogen (secondary N) is 1. The van der Waals surface area contributed by atoms with Gasteiger partial charge in [-0.3, -0.25) is 14.9 Å². The lowest BCUT2D eigenvalue weighted by atomic mass is 10.1. The second-order valence-corrected chi connectivity index (χ2v) is 6.11. The molecule has 0 saturated carbocycles. The van der Waals surface area contributed by atoms with Gasteiger partial charge in [-0.2, -0.15) is 0 Å². The van der Waals surface area contributed by atoms with E-state index in [0.717, 1.165) is 5.56 Å². The van der Waals surface area contributed by atoms with Crippen molar-refractivity contribution in [3.63, 3.8) is 0 Å². The van der Waals surface area contributed by atoms with Crippen LogP contribution in [-0.2, 0) is 6.54 Å². The van der Waals surface area contributed by atoms with Crippen molar-refractivity contribution in [2.24, 2.45) is 0 Å². The number of halogens is 1. The number of carbonyl (C=O) groups excluding carboxylic acids is 1. The molecule has 1 N–H and O–H groups in total. The third-order valence-electron chi connectivity index (χ3n) is 3.62. The van der Waals surface area contributed by atoms with Gasteiger partial charge in [-0.1, -0.05) is 6.07 Å². The van der Waals surface area contributed by atoms with Crippen LogP contribution in [0.15, 0.2) is 34.8 Å². The highest BCUT2D eigenvalue weighted by Crippen LogP contribution is 2.36. The first-order valence-electron chi connectivity index (χ1n) is 7.31. The van der Waals surface area contributed by atoms with E-state index in [2.05, 4.69) is 21.2 Å². The predicted molar refractivity (Wildman–Crippen MR) is 96.2 cm³/mol. The van der Waals surface area contributed by atoms with E-state index in [-0.39, 0.29) is 23.7 Å². The highest BCUT2D eigenvalue weighted by molar-refractivity contribution is 9.10. The Morgan fingerprint density at radius 1 is 1.24 bits per heavy atom. The lowest BCUT2D eigenvalue weighted by Gasteiger charge is -2.13. The van der Waals surface area contributed by atoms with Crippen LogP contribution >= 0.6 is 15.9 Å². The van der Waals surface area contributed by atoms with Crippen molar-refractivity contribution < 1.29 is 19.2 Å². The zero-order valence-corrected chi connectivity index (χ0v) is 15.5. The molecule has 0 spiro atoms. The number of methoxy groups -OCH3 is 2. The molecule has 2 aromatic rings. The standard InChI is InChI=1S/C17H17BrN2O5/c1-10-4-5-12(20(22)23)8-13(10)17(21)19-9-11-6-14(18)16(25-3)15(7-11)24-2/h4-8H,9H2,1-3H3,(H,19,21). The summed E-state index contributed by atoms with van der Waals surface area (Å²) in [6.45, 7) is 1.96. The Morgan fingerprint density at radius 3 is 2.56 bits per heavy atom. The number of hydrogen-bond acceptors (Lipinski definition) is 5. The summed E-state index contributed by atoms with van der Waals surface area (Å²) in [6, 6.07) is 7.76. The van der Waals surface area contributed by atoms with E-state index in [9.17, 15) is 14.9 Å². The lowest BCUT2D eigenvalue weighted by molar-refractivity contribution is -0.384. The first kappa shape index (κ1) is 18.7. The number of aryl methyl sites for hydroxylation is 1. The number of hydrogen-bond donors (Lipinski definition) is 1. The molecular formula is C17H17BrN2O5. The molecule has 0 heterocycles. The minimum atomic E-state index is -0.526.